The highest BCUT2D eigenvalue weighted by atomic mass is 79.9. The second-order valence-electron chi connectivity index (χ2n) is 3.02. The summed E-state index contributed by atoms with van der Waals surface area (Å²) in [7, 11) is 0. The summed E-state index contributed by atoms with van der Waals surface area (Å²) in [6, 6.07) is 6.85. The maximum atomic E-state index is 11.5. The molecular formula is C11H9BrClNO2. The normalized spacial score (nSPS) is 11.6. The van der Waals surface area contributed by atoms with E-state index in [1.165, 1.54) is 0 Å². The van der Waals surface area contributed by atoms with Gasteiger partial charge < -0.3 is 4.74 Å². The van der Waals surface area contributed by atoms with E-state index in [-0.39, 0.29) is 6.61 Å². The summed E-state index contributed by atoms with van der Waals surface area (Å²) in [5, 5.41) is 9.42. The molecule has 0 amide bonds. The molecule has 1 aromatic rings. The van der Waals surface area contributed by atoms with E-state index >= 15 is 0 Å². The molecule has 5 heteroatoms. The SMILES string of the molecule is CCOC(=O)[C@H](C#N)c1cc(Cl)cc(Br)c1. The van der Waals surface area contributed by atoms with Gasteiger partial charge in [0.05, 0.1) is 12.7 Å². The monoisotopic (exact) mass is 301 g/mol. The quantitative estimate of drug-likeness (QED) is 0.805. The van der Waals surface area contributed by atoms with Crippen molar-refractivity contribution in [1.82, 2.24) is 0 Å². The van der Waals surface area contributed by atoms with Crippen molar-refractivity contribution in [3.8, 4) is 6.07 Å². The molecule has 0 spiro atoms. The number of esters is 1. The Morgan fingerprint density at radius 2 is 2.31 bits per heavy atom. The average molecular weight is 303 g/mol. The van der Waals surface area contributed by atoms with E-state index in [0.29, 0.717) is 10.6 Å². The molecule has 0 bridgehead atoms. The smallest absolute Gasteiger partial charge is 0.327 e. The number of carbonyl (C=O) groups is 1. The maximum Gasteiger partial charge on any atom is 0.327 e. The predicted molar refractivity (Wildman–Crippen MR) is 64.1 cm³/mol. The van der Waals surface area contributed by atoms with E-state index in [1.54, 1.807) is 25.1 Å². The van der Waals surface area contributed by atoms with Crippen LogP contribution in [0.5, 0.6) is 0 Å². The van der Waals surface area contributed by atoms with E-state index in [9.17, 15) is 4.79 Å². The van der Waals surface area contributed by atoms with E-state index in [1.807, 2.05) is 6.07 Å². The highest BCUT2D eigenvalue weighted by Crippen LogP contribution is 2.25. The largest absolute Gasteiger partial charge is 0.465 e. The van der Waals surface area contributed by atoms with Crippen molar-refractivity contribution >= 4 is 33.5 Å². The molecule has 0 aliphatic rings. The van der Waals surface area contributed by atoms with Crippen LogP contribution in [0.4, 0.5) is 0 Å². The number of ether oxygens (including phenoxy) is 1. The second kappa shape index (κ2) is 5.88. The Bertz CT molecular complexity index is 422. The third kappa shape index (κ3) is 3.22. The minimum absolute atomic E-state index is 0.249. The average Bonchev–Trinajstić information content (AvgIpc) is 2.17. The molecular weight excluding hydrogens is 293 g/mol. The van der Waals surface area contributed by atoms with Gasteiger partial charge >= 0.3 is 5.97 Å². The van der Waals surface area contributed by atoms with Crippen LogP contribution in [0.2, 0.25) is 5.02 Å². The van der Waals surface area contributed by atoms with Gasteiger partial charge in [-0.15, -0.1) is 0 Å². The Labute approximate surface area is 107 Å². The molecule has 0 saturated carbocycles. The number of carbonyl (C=O) groups excluding carboxylic acids is 1. The first-order chi connectivity index (χ1) is 7.58. The Balaban J connectivity index is 3.05. The predicted octanol–water partition coefficient (Wildman–Crippen LogP) is 3.27. The number of nitriles is 1. The lowest BCUT2D eigenvalue weighted by Gasteiger charge is -2.09. The van der Waals surface area contributed by atoms with Crippen molar-refractivity contribution in [3.63, 3.8) is 0 Å². The van der Waals surface area contributed by atoms with Gasteiger partial charge in [-0.25, -0.2) is 0 Å². The standard InChI is InChI=1S/C11H9BrClNO2/c1-2-16-11(15)10(6-14)7-3-8(12)5-9(13)4-7/h3-5,10H,2H2,1H3/t10-/m1/s1. The fraction of sp³-hybridized carbons (Fsp3) is 0.273. The van der Waals surface area contributed by atoms with Crippen LogP contribution in [-0.2, 0) is 9.53 Å². The van der Waals surface area contributed by atoms with Gasteiger partial charge in [0.25, 0.3) is 0 Å². The molecule has 84 valence electrons. The molecule has 0 unspecified atom stereocenters. The van der Waals surface area contributed by atoms with Gasteiger partial charge in [-0.2, -0.15) is 5.26 Å². The van der Waals surface area contributed by atoms with Crippen molar-refractivity contribution in [1.29, 1.82) is 5.26 Å². The summed E-state index contributed by atoms with van der Waals surface area (Å²) in [5.74, 6) is -1.49. The molecule has 1 aromatic carbocycles. The minimum atomic E-state index is -0.935. The van der Waals surface area contributed by atoms with Gasteiger partial charge in [-0.05, 0) is 30.7 Å². The van der Waals surface area contributed by atoms with E-state index in [4.69, 9.17) is 21.6 Å². The third-order valence-corrected chi connectivity index (χ3v) is 2.55. The topological polar surface area (TPSA) is 50.1 Å². The summed E-state index contributed by atoms with van der Waals surface area (Å²) in [6.45, 7) is 1.94. The number of hydrogen-bond donors (Lipinski definition) is 0. The van der Waals surface area contributed by atoms with Crippen molar-refractivity contribution in [2.45, 2.75) is 12.8 Å². The Morgan fingerprint density at radius 1 is 1.62 bits per heavy atom. The second-order valence-corrected chi connectivity index (χ2v) is 4.37. The van der Waals surface area contributed by atoms with E-state index in [2.05, 4.69) is 15.9 Å². The lowest BCUT2D eigenvalue weighted by molar-refractivity contribution is -0.143. The fourth-order valence-corrected chi connectivity index (χ4v) is 2.12. The van der Waals surface area contributed by atoms with Crippen LogP contribution >= 0.6 is 27.5 Å². The fourth-order valence-electron chi connectivity index (χ4n) is 1.23. The van der Waals surface area contributed by atoms with Crippen LogP contribution < -0.4 is 0 Å². The zero-order valence-electron chi connectivity index (χ0n) is 8.54. The molecule has 0 fully saturated rings. The summed E-state index contributed by atoms with van der Waals surface area (Å²) in [4.78, 5) is 11.5. The van der Waals surface area contributed by atoms with Crippen molar-refractivity contribution < 1.29 is 9.53 Å². The summed E-state index contributed by atoms with van der Waals surface area (Å²) in [5.41, 5.74) is 0.528. The first kappa shape index (κ1) is 13.0. The van der Waals surface area contributed by atoms with Gasteiger partial charge in [0.1, 0.15) is 0 Å². The zero-order chi connectivity index (χ0) is 12.1. The van der Waals surface area contributed by atoms with Gasteiger partial charge in [-0.1, -0.05) is 27.5 Å². The summed E-state index contributed by atoms with van der Waals surface area (Å²) >= 11 is 9.09. The van der Waals surface area contributed by atoms with Crippen molar-refractivity contribution in [2.75, 3.05) is 6.61 Å². The molecule has 0 heterocycles. The van der Waals surface area contributed by atoms with Gasteiger partial charge in [-0.3, -0.25) is 4.79 Å². The Morgan fingerprint density at radius 3 is 2.81 bits per heavy atom. The highest BCUT2D eigenvalue weighted by Gasteiger charge is 2.22. The Hall–Kier alpha value is -1.05. The molecule has 0 aromatic heterocycles. The number of rotatable bonds is 3. The lowest BCUT2D eigenvalue weighted by Crippen LogP contribution is -2.14. The van der Waals surface area contributed by atoms with Gasteiger partial charge in [0, 0.05) is 9.50 Å². The first-order valence-corrected chi connectivity index (χ1v) is 5.77. The molecule has 3 nitrogen and oxygen atoms in total. The third-order valence-electron chi connectivity index (χ3n) is 1.87. The first-order valence-electron chi connectivity index (χ1n) is 4.60. The van der Waals surface area contributed by atoms with Gasteiger partial charge in [0.15, 0.2) is 5.92 Å². The number of nitrogens with zero attached hydrogens (tertiary/aromatic N) is 1. The Kier molecular flexibility index (Phi) is 4.78. The summed E-state index contributed by atoms with van der Waals surface area (Å²) < 4.78 is 5.53. The molecule has 1 rings (SSSR count). The molecule has 0 aliphatic heterocycles. The van der Waals surface area contributed by atoms with Crippen LogP contribution in [0.3, 0.4) is 0 Å². The molecule has 1 atom stereocenters. The van der Waals surface area contributed by atoms with Crippen molar-refractivity contribution in [3.05, 3.63) is 33.3 Å². The van der Waals surface area contributed by atoms with Crippen LogP contribution in [0.15, 0.2) is 22.7 Å². The van der Waals surface area contributed by atoms with Crippen LogP contribution in [-0.4, -0.2) is 12.6 Å². The number of benzene rings is 1. The van der Waals surface area contributed by atoms with Crippen molar-refractivity contribution in [2.24, 2.45) is 0 Å². The molecule has 0 saturated heterocycles. The molecule has 0 N–H and O–H groups in total. The number of hydrogen-bond acceptors (Lipinski definition) is 3. The highest BCUT2D eigenvalue weighted by molar-refractivity contribution is 9.10. The van der Waals surface area contributed by atoms with Crippen LogP contribution in [0.1, 0.15) is 18.4 Å². The minimum Gasteiger partial charge on any atom is -0.465 e. The van der Waals surface area contributed by atoms with Crippen LogP contribution in [0.25, 0.3) is 0 Å². The van der Waals surface area contributed by atoms with E-state index in [0.717, 1.165) is 4.47 Å². The molecule has 0 aliphatic carbocycles. The molecule has 16 heavy (non-hydrogen) atoms. The van der Waals surface area contributed by atoms with E-state index < -0.39 is 11.9 Å². The van der Waals surface area contributed by atoms with Crippen LogP contribution in [0, 0.1) is 11.3 Å². The summed E-state index contributed by atoms with van der Waals surface area (Å²) in [6.07, 6.45) is 0. The lowest BCUT2D eigenvalue weighted by atomic mass is 10.0. The molecule has 0 radical (unpaired) electrons. The maximum absolute atomic E-state index is 11.5. The van der Waals surface area contributed by atoms with Gasteiger partial charge in [0.2, 0.25) is 0 Å². The zero-order valence-corrected chi connectivity index (χ0v) is 10.9. The number of halogens is 2.